The van der Waals surface area contributed by atoms with Gasteiger partial charge in [0.2, 0.25) is 5.91 Å². The van der Waals surface area contributed by atoms with Crippen molar-refractivity contribution in [3.05, 3.63) is 83.1 Å². The average molecular weight is 513 g/mol. The maximum atomic E-state index is 13.4. The third-order valence-corrected chi connectivity index (χ3v) is 9.27. The van der Waals surface area contributed by atoms with Crippen molar-refractivity contribution in [2.45, 2.75) is 63.1 Å². The Morgan fingerprint density at radius 1 is 1.24 bits per heavy atom. The van der Waals surface area contributed by atoms with Crippen LogP contribution in [0.3, 0.4) is 0 Å². The Balaban J connectivity index is 1.29. The molecule has 1 amide bonds. The van der Waals surface area contributed by atoms with E-state index >= 15 is 0 Å². The van der Waals surface area contributed by atoms with Crippen molar-refractivity contribution in [1.82, 2.24) is 9.80 Å². The highest BCUT2D eigenvalue weighted by molar-refractivity contribution is 5.92. The Morgan fingerprint density at radius 3 is 2.84 bits per heavy atom. The Hall–Kier alpha value is -3.38. The molecule has 2 aliphatic carbocycles. The van der Waals surface area contributed by atoms with Crippen LogP contribution in [0.25, 0.3) is 6.08 Å². The van der Waals surface area contributed by atoms with E-state index in [0.717, 1.165) is 43.5 Å². The lowest BCUT2D eigenvalue weighted by molar-refractivity contribution is -0.139. The van der Waals surface area contributed by atoms with Crippen LogP contribution < -0.4 is 4.74 Å². The summed E-state index contributed by atoms with van der Waals surface area (Å²) in [4.78, 5) is 29.2. The number of piperidine rings is 1. The van der Waals surface area contributed by atoms with Crippen LogP contribution in [0.1, 0.15) is 48.4 Å². The molecule has 0 aromatic heterocycles. The number of benzene rings is 2. The van der Waals surface area contributed by atoms with Gasteiger partial charge in [-0.1, -0.05) is 48.5 Å². The first kappa shape index (κ1) is 24.9. The second-order valence-corrected chi connectivity index (χ2v) is 11.4. The summed E-state index contributed by atoms with van der Waals surface area (Å²) in [5.74, 6) is 1.61. The van der Waals surface area contributed by atoms with Crippen LogP contribution in [0, 0.1) is 12.8 Å². The van der Waals surface area contributed by atoms with Crippen molar-refractivity contribution in [3.8, 4) is 5.75 Å². The number of rotatable bonds is 6. The molecule has 38 heavy (non-hydrogen) atoms. The highest BCUT2D eigenvalue weighted by atomic mass is 16.5. The lowest BCUT2D eigenvalue weighted by Gasteiger charge is -2.60. The number of nitrogens with zero attached hydrogens (tertiary/aromatic N) is 2. The summed E-state index contributed by atoms with van der Waals surface area (Å²) in [5, 5.41) is 0. The van der Waals surface area contributed by atoms with E-state index in [4.69, 9.17) is 9.47 Å². The largest absolute Gasteiger partial charge is 0.487 e. The second-order valence-electron chi connectivity index (χ2n) is 11.4. The van der Waals surface area contributed by atoms with Gasteiger partial charge in [0.15, 0.2) is 0 Å². The zero-order valence-electron chi connectivity index (χ0n) is 22.5. The fourth-order valence-electron chi connectivity index (χ4n) is 7.85. The predicted octanol–water partition coefficient (Wildman–Crippen LogP) is 4.65. The summed E-state index contributed by atoms with van der Waals surface area (Å²) in [7, 11) is 1.93. The molecule has 198 valence electrons. The fraction of sp³-hybridized carbons (Fsp3) is 0.438. The Morgan fingerprint density at radius 2 is 2.05 bits per heavy atom. The average Bonchev–Trinajstić information content (AvgIpc) is 3.22. The molecule has 2 aliphatic heterocycles. The molecular weight excluding hydrogens is 476 g/mol. The number of aryl methyl sites for hydroxylation is 1. The first-order valence-corrected chi connectivity index (χ1v) is 13.7. The van der Waals surface area contributed by atoms with Crippen molar-refractivity contribution < 1.29 is 19.1 Å². The maximum Gasteiger partial charge on any atom is 0.307 e. The molecular formula is C32H36N2O4. The minimum absolute atomic E-state index is 0.00229. The molecule has 1 spiro atoms. The topological polar surface area (TPSA) is 59.1 Å². The first-order chi connectivity index (χ1) is 18.3. The molecule has 6 nitrogen and oxygen atoms in total. The van der Waals surface area contributed by atoms with Gasteiger partial charge in [0, 0.05) is 37.1 Å². The molecule has 0 unspecified atom stereocenters. The smallest absolute Gasteiger partial charge is 0.307 e. The van der Waals surface area contributed by atoms with E-state index < -0.39 is 0 Å². The van der Waals surface area contributed by atoms with Crippen molar-refractivity contribution in [2.24, 2.45) is 5.92 Å². The molecule has 2 bridgehead atoms. The molecule has 1 saturated heterocycles. The van der Waals surface area contributed by atoms with Gasteiger partial charge in [-0.05, 0) is 68.3 Å². The van der Waals surface area contributed by atoms with Crippen LogP contribution in [0.4, 0.5) is 0 Å². The number of ether oxygens (including phenoxy) is 2. The highest BCUT2D eigenvalue weighted by Gasteiger charge is 2.65. The monoisotopic (exact) mass is 512 g/mol. The molecule has 6 heteroatoms. The number of likely N-dealkylation sites (tertiary alicyclic amines) is 1. The number of carbonyl (C=O) groups is 2. The Kier molecular flexibility index (Phi) is 6.18. The van der Waals surface area contributed by atoms with Crippen LogP contribution in [0.15, 0.2) is 60.9 Å². The highest BCUT2D eigenvalue weighted by Crippen LogP contribution is 2.62. The van der Waals surface area contributed by atoms with E-state index in [1.54, 1.807) is 6.08 Å². The summed E-state index contributed by atoms with van der Waals surface area (Å²) in [6.45, 7) is 8.92. The summed E-state index contributed by atoms with van der Waals surface area (Å²) in [6.07, 6.45) is 7.36. The van der Waals surface area contributed by atoms with Gasteiger partial charge in [-0.2, -0.15) is 0 Å². The van der Waals surface area contributed by atoms with E-state index in [9.17, 15) is 9.59 Å². The number of amides is 1. The van der Waals surface area contributed by atoms with Gasteiger partial charge in [0.05, 0.1) is 12.6 Å². The van der Waals surface area contributed by atoms with E-state index in [-0.39, 0.29) is 29.4 Å². The summed E-state index contributed by atoms with van der Waals surface area (Å²) in [6, 6.07) is 14.9. The van der Waals surface area contributed by atoms with Crippen LogP contribution in [-0.4, -0.2) is 60.0 Å². The Bertz CT molecular complexity index is 1330. The molecule has 6 rings (SSSR count). The molecule has 2 fully saturated rings. The summed E-state index contributed by atoms with van der Waals surface area (Å²) in [5.41, 5.74) is 4.83. The SMILES string of the molecule is C=C(CN1CC[C@]23c4c5cccc4O[C@H]2[C@@H](N(C)C(=O)C=Cc2cccc(C)c2)CC[C@H]3[C@H]1C5)OC(C)=O. The van der Waals surface area contributed by atoms with Gasteiger partial charge < -0.3 is 14.4 Å². The molecule has 2 aromatic carbocycles. The number of esters is 1. The second kappa shape index (κ2) is 9.42. The minimum Gasteiger partial charge on any atom is -0.487 e. The van der Waals surface area contributed by atoms with Gasteiger partial charge in [0.1, 0.15) is 17.6 Å². The third-order valence-electron chi connectivity index (χ3n) is 9.27. The zero-order chi connectivity index (χ0) is 26.6. The summed E-state index contributed by atoms with van der Waals surface area (Å²) < 4.78 is 12.1. The molecule has 1 saturated carbocycles. The number of hydrogen-bond donors (Lipinski definition) is 0. The quantitative estimate of drug-likeness (QED) is 0.320. The van der Waals surface area contributed by atoms with Crippen molar-refractivity contribution in [2.75, 3.05) is 20.1 Å². The van der Waals surface area contributed by atoms with Gasteiger partial charge in [0.25, 0.3) is 0 Å². The fourth-order valence-corrected chi connectivity index (χ4v) is 7.85. The third kappa shape index (κ3) is 3.97. The normalized spacial score (nSPS) is 28.9. The van der Waals surface area contributed by atoms with Crippen molar-refractivity contribution in [3.63, 3.8) is 0 Å². The van der Waals surface area contributed by atoms with Gasteiger partial charge in [-0.15, -0.1) is 0 Å². The lowest BCUT2D eigenvalue weighted by atomic mass is 9.51. The zero-order valence-corrected chi connectivity index (χ0v) is 22.5. The van der Waals surface area contributed by atoms with Gasteiger partial charge in [-0.3, -0.25) is 14.5 Å². The first-order valence-electron chi connectivity index (χ1n) is 13.7. The van der Waals surface area contributed by atoms with Crippen molar-refractivity contribution >= 4 is 18.0 Å². The lowest BCUT2D eigenvalue weighted by Crippen LogP contribution is -2.69. The minimum atomic E-state index is -0.323. The van der Waals surface area contributed by atoms with Crippen LogP contribution in [-0.2, 0) is 26.2 Å². The van der Waals surface area contributed by atoms with E-state index in [1.807, 2.05) is 30.2 Å². The molecule has 2 heterocycles. The van der Waals surface area contributed by atoms with E-state index in [2.05, 4.69) is 48.7 Å². The van der Waals surface area contributed by atoms with Gasteiger partial charge >= 0.3 is 5.97 Å². The van der Waals surface area contributed by atoms with E-state index in [0.29, 0.717) is 24.3 Å². The van der Waals surface area contributed by atoms with Crippen LogP contribution >= 0.6 is 0 Å². The van der Waals surface area contributed by atoms with Crippen molar-refractivity contribution in [1.29, 1.82) is 0 Å². The van der Waals surface area contributed by atoms with Crippen LogP contribution in [0.2, 0.25) is 0 Å². The molecule has 0 radical (unpaired) electrons. The van der Waals surface area contributed by atoms with E-state index in [1.165, 1.54) is 23.6 Å². The molecule has 4 aliphatic rings. The molecule has 2 aromatic rings. The maximum absolute atomic E-state index is 13.4. The van der Waals surface area contributed by atoms with Gasteiger partial charge in [-0.25, -0.2) is 0 Å². The number of likely N-dealkylation sites (N-methyl/N-ethyl adjacent to an activating group) is 1. The standard InChI is InChI=1S/C32H36N2O4/c1-20-7-5-8-23(17-20)11-14-29(36)33(4)26-13-12-25-27-18-24-9-6-10-28-30(24)32(25,31(26)38-28)15-16-34(27)19-21(2)37-22(3)35/h5-11,14,17,25-27,31H,2,12-13,15-16,18-19H2,1,3-4H3/t25-,26-,27+,31-,32-/m0/s1. The number of carbonyl (C=O) groups excluding carboxylic acids is 2. The summed E-state index contributed by atoms with van der Waals surface area (Å²) >= 11 is 0. The van der Waals surface area contributed by atoms with Crippen LogP contribution in [0.5, 0.6) is 5.75 Å². The Labute approximate surface area is 224 Å². The molecule has 0 N–H and O–H groups in total. The predicted molar refractivity (Wildman–Crippen MR) is 147 cm³/mol. The number of hydrogen-bond acceptors (Lipinski definition) is 5. The molecule has 5 atom stereocenters.